The van der Waals surface area contributed by atoms with Gasteiger partial charge in [0.25, 0.3) is 0 Å². The SMILES string of the molecule is COCCN(CC(C)C)C(c1ccncc1)C(C)N. The zero-order valence-electron chi connectivity index (χ0n) is 12.5. The van der Waals surface area contributed by atoms with Crippen LogP contribution in [0.1, 0.15) is 32.4 Å². The normalized spacial score (nSPS) is 14.9. The maximum absolute atomic E-state index is 6.21. The number of pyridine rings is 1. The Morgan fingerprint density at radius 1 is 1.26 bits per heavy atom. The van der Waals surface area contributed by atoms with Gasteiger partial charge in [-0.05, 0) is 30.5 Å². The van der Waals surface area contributed by atoms with Gasteiger partial charge in [0.2, 0.25) is 0 Å². The van der Waals surface area contributed by atoms with Gasteiger partial charge in [0.15, 0.2) is 0 Å². The van der Waals surface area contributed by atoms with E-state index in [9.17, 15) is 0 Å². The average molecular weight is 265 g/mol. The van der Waals surface area contributed by atoms with Gasteiger partial charge in [-0.3, -0.25) is 9.88 Å². The molecular formula is C15H27N3O. The van der Waals surface area contributed by atoms with Crippen LogP contribution in [0.25, 0.3) is 0 Å². The number of ether oxygens (including phenoxy) is 1. The first-order valence-electron chi connectivity index (χ1n) is 6.94. The zero-order valence-corrected chi connectivity index (χ0v) is 12.5. The van der Waals surface area contributed by atoms with Crippen LogP contribution in [0.5, 0.6) is 0 Å². The summed E-state index contributed by atoms with van der Waals surface area (Å²) >= 11 is 0. The lowest BCUT2D eigenvalue weighted by atomic mass is 9.99. The highest BCUT2D eigenvalue weighted by atomic mass is 16.5. The minimum atomic E-state index is 0.0676. The van der Waals surface area contributed by atoms with Crippen molar-refractivity contribution in [2.45, 2.75) is 32.9 Å². The van der Waals surface area contributed by atoms with Crippen molar-refractivity contribution < 1.29 is 4.74 Å². The molecule has 0 spiro atoms. The van der Waals surface area contributed by atoms with Gasteiger partial charge in [-0.15, -0.1) is 0 Å². The second-order valence-electron chi connectivity index (χ2n) is 5.47. The molecule has 0 amide bonds. The van der Waals surface area contributed by atoms with Crippen LogP contribution in [-0.2, 0) is 4.74 Å². The van der Waals surface area contributed by atoms with Gasteiger partial charge >= 0.3 is 0 Å². The maximum atomic E-state index is 6.21. The molecule has 1 heterocycles. The molecule has 0 fully saturated rings. The third kappa shape index (κ3) is 5.27. The summed E-state index contributed by atoms with van der Waals surface area (Å²) in [5, 5.41) is 0. The summed E-state index contributed by atoms with van der Waals surface area (Å²) in [7, 11) is 1.74. The van der Waals surface area contributed by atoms with Gasteiger partial charge in [-0.25, -0.2) is 0 Å². The molecular weight excluding hydrogens is 238 g/mol. The van der Waals surface area contributed by atoms with Crippen LogP contribution < -0.4 is 5.73 Å². The fourth-order valence-corrected chi connectivity index (χ4v) is 2.43. The highest BCUT2D eigenvalue weighted by Gasteiger charge is 2.24. The van der Waals surface area contributed by atoms with Crippen LogP contribution in [0.4, 0.5) is 0 Å². The Labute approximate surface area is 117 Å². The molecule has 2 atom stereocenters. The molecule has 0 bridgehead atoms. The lowest BCUT2D eigenvalue weighted by Gasteiger charge is -2.35. The van der Waals surface area contributed by atoms with Crippen molar-refractivity contribution in [3.8, 4) is 0 Å². The fraction of sp³-hybridized carbons (Fsp3) is 0.667. The molecule has 0 aliphatic heterocycles. The summed E-state index contributed by atoms with van der Waals surface area (Å²) in [4.78, 5) is 6.50. The van der Waals surface area contributed by atoms with E-state index in [1.807, 2.05) is 24.5 Å². The third-order valence-electron chi connectivity index (χ3n) is 3.12. The van der Waals surface area contributed by atoms with E-state index >= 15 is 0 Å². The molecule has 0 aromatic carbocycles. The number of rotatable bonds is 8. The molecule has 2 unspecified atom stereocenters. The number of nitrogens with two attached hydrogens (primary N) is 1. The molecule has 19 heavy (non-hydrogen) atoms. The van der Waals surface area contributed by atoms with Crippen molar-refractivity contribution in [2.24, 2.45) is 11.7 Å². The lowest BCUT2D eigenvalue weighted by Crippen LogP contribution is -2.42. The first kappa shape index (κ1) is 16.1. The van der Waals surface area contributed by atoms with E-state index in [0.29, 0.717) is 5.92 Å². The molecule has 4 nitrogen and oxygen atoms in total. The van der Waals surface area contributed by atoms with Crippen LogP contribution in [0.15, 0.2) is 24.5 Å². The van der Waals surface area contributed by atoms with Crippen LogP contribution in [0.2, 0.25) is 0 Å². The second kappa shape index (κ2) is 8.25. The van der Waals surface area contributed by atoms with E-state index in [-0.39, 0.29) is 12.1 Å². The summed E-state index contributed by atoms with van der Waals surface area (Å²) in [6.07, 6.45) is 3.66. The van der Waals surface area contributed by atoms with Crippen LogP contribution in [-0.4, -0.2) is 42.7 Å². The Bertz CT molecular complexity index is 341. The fourth-order valence-electron chi connectivity index (χ4n) is 2.43. The minimum Gasteiger partial charge on any atom is -0.383 e. The van der Waals surface area contributed by atoms with Crippen LogP contribution >= 0.6 is 0 Å². The predicted octanol–water partition coefficient (Wildman–Crippen LogP) is 2.07. The van der Waals surface area contributed by atoms with E-state index < -0.39 is 0 Å². The highest BCUT2D eigenvalue weighted by Crippen LogP contribution is 2.23. The molecule has 0 radical (unpaired) electrons. The Morgan fingerprint density at radius 2 is 1.89 bits per heavy atom. The molecule has 1 aromatic rings. The number of hydrogen-bond acceptors (Lipinski definition) is 4. The Morgan fingerprint density at radius 3 is 2.37 bits per heavy atom. The highest BCUT2D eigenvalue weighted by molar-refractivity contribution is 5.17. The summed E-state index contributed by atoms with van der Waals surface area (Å²) in [5.41, 5.74) is 7.44. The third-order valence-corrected chi connectivity index (χ3v) is 3.12. The topological polar surface area (TPSA) is 51.4 Å². The van der Waals surface area contributed by atoms with Crippen LogP contribution in [0, 0.1) is 5.92 Å². The largest absolute Gasteiger partial charge is 0.383 e. The molecule has 108 valence electrons. The van der Waals surface area contributed by atoms with Gasteiger partial charge in [0, 0.05) is 44.7 Å². The Balaban J connectivity index is 2.91. The molecule has 1 rings (SSSR count). The number of nitrogens with zero attached hydrogens (tertiary/aromatic N) is 2. The van der Waals surface area contributed by atoms with Crippen molar-refractivity contribution in [3.05, 3.63) is 30.1 Å². The molecule has 4 heteroatoms. The van der Waals surface area contributed by atoms with Crippen molar-refractivity contribution in [2.75, 3.05) is 26.8 Å². The first-order chi connectivity index (χ1) is 9.06. The Hall–Kier alpha value is -0.970. The van der Waals surface area contributed by atoms with Gasteiger partial charge < -0.3 is 10.5 Å². The first-order valence-corrected chi connectivity index (χ1v) is 6.94. The van der Waals surface area contributed by atoms with Gasteiger partial charge in [0.1, 0.15) is 0 Å². The summed E-state index contributed by atoms with van der Waals surface area (Å²) in [6.45, 7) is 9.14. The van der Waals surface area contributed by atoms with Crippen molar-refractivity contribution in [1.82, 2.24) is 9.88 Å². The maximum Gasteiger partial charge on any atom is 0.0589 e. The number of aromatic nitrogens is 1. The van der Waals surface area contributed by atoms with Gasteiger partial charge in [0.05, 0.1) is 6.61 Å². The van der Waals surface area contributed by atoms with E-state index in [4.69, 9.17) is 10.5 Å². The number of methoxy groups -OCH3 is 1. The zero-order chi connectivity index (χ0) is 14.3. The number of hydrogen-bond donors (Lipinski definition) is 1. The van der Waals surface area contributed by atoms with E-state index in [1.54, 1.807) is 7.11 Å². The quantitative estimate of drug-likeness (QED) is 0.782. The average Bonchev–Trinajstić information content (AvgIpc) is 2.36. The van der Waals surface area contributed by atoms with Crippen molar-refractivity contribution in [3.63, 3.8) is 0 Å². The monoisotopic (exact) mass is 265 g/mol. The minimum absolute atomic E-state index is 0.0676. The Kier molecular flexibility index (Phi) is 6.99. The summed E-state index contributed by atoms with van der Waals surface area (Å²) in [6, 6.07) is 4.38. The summed E-state index contributed by atoms with van der Waals surface area (Å²) in [5.74, 6) is 0.597. The molecule has 0 aliphatic rings. The smallest absolute Gasteiger partial charge is 0.0589 e. The van der Waals surface area contributed by atoms with E-state index in [0.717, 1.165) is 19.7 Å². The molecule has 0 aliphatic carbocycles. The van der Waals surface area contributed by atoms with Gasteiger partial charge in [-0.1, -0.05) is 13.8 Å². The standard InChI is InChI=1S/C15H27N3O/c1-12(2)11-18(9-10-19-4)15(13(3)16)14-5-7-17-8-6-14/h5-8,12-13,15H,9-11,16H2,1-4H3. The summed E-state index contributed by atoms with van der Waals surface area (Å²) < 4.78 is 5.22. The molecule has 2 N–H and O–H groups in total. The molecule has 1 aromatic heterocycles. The van der Waals surface area contributed by atoms with Crippen molar-refractivity contribution >= 4 is 0 Å². The second-order valence-corrected chi connectivity index (χ2v) is 5.47. The van der Waals surface area contributed by atoms with Crippen molar-refractivity contribution in [1.29, 1.82) is 0 Å². The van der Waals surface area contributed by atoms with Crippen LogP contribution in [0.3, 0.4) is 0 Å². The molecule has 0 saturated heterocycles. The van der Waals surface area contributed by atoms with E-state index in [1.165, 1.54) is 5.56 Å². The predicted molar refractivity (Wildman–Crippen MR) is 78.9 cm³/mol. The van der Waals surface area contributed by atoms with E-state index in [2.05, 4.69) is 30.7 Å². The lowest BCUT2D eigenvalue weighted by molar-refractivity contribution is 0.101. The van der Waals surface area contributed by atoms with Gasteiger partial charge in [-0.2, -0.15) is 0 Å². The molecule has 0 saturated carbocycles.